The normalized spacial score (nSPS) is 11.6. The second-order valence-electron chi connectivity index (χ2n) is 6.38. The quantitative estimate of drug-likeness (QED) is 0.503. The van der Waals surface area contributed by atoms with Crippen LogP contribution in [0.2, 0.25) is 0 Å². The fourth-order valence-electron chi connectivity index (χ4n) is 2.84. The zero-order valence-electron chi connectivity index (χ0n) is 16.3. The van der Waals surface area contributed by atoms with Gasteiger partial charge in [0, 0.05) is 18.5 Å². The molecule has 0 unspecified atom stereocenters. The first-order chi connectivity index (χ1) is 13.1. The van der Waals surface area contributed by atoms with E-state index < -0.39 is 0 Å². The van der Waals surface area contributed by atoms with Crippen molar-refractivity contribution in [2.75, 3.05) is 13.6 Å². The Bertz CT molecular complexity index is 896. The average Bonchev–Trinajstić information content (AvgIpc) is 3.25. The number of H-pyrrole nitrogens is 1. The van der Waals surface area contributed by atoms with Crippen LogP contribution in [0.4, 0.5) is 0 Å². The number of guanidine groups is 1. The molecule has 7 heteroatoms. The topological polar surface area (TPSA) is 69.2 Å². The SMILES string of the molecule is CCNC(=NCc1sc(C)nc1C)N(C)Cc1ncc(-c2ccccc2)[nH]1. The molecule has 2 N–H and O–H groups in total. The second-order valence-corrected chi connectivity index (χ2v) is 7.67. The smallest absolute Gasteiger partial charge is 0.194 e. The van der Waals surface area contributed by atoms with Gasteiger partial charge in [-0.25, -0.2) is 15.0 Å². The van der Waals surface area contributed by atoms with E-state index >= 15 is 0 Å². The molecular weight excluding hydrogens is 356 g/mol. The van der Waals surface area contributed by atoms with Gasteiger partial charge in [0.2, 0.25) is 0 Å². The van der Waals surface area contributed by atoms with Crippen LogP contribution in [-0.4, -0.2) is 39.4 Å². The van der Waals surface area contributed by atoms with Crippen molar-refractivity contribution in [1.29, 1.82) is 0 Å². The van der Waals surface area contributed by atoms with Crippen LogP contribution in [-0.2, 0) is 13.1 Å². The molecule has 0 aliphatic carbocycles. The lowest BCUT2D eigenvalue weighted by molar-refractivity contribution is 0.464. The highest BCUT2D eigenvalue weighted by molar-refractivity contribution is 7.11. The number of aryl methyl sites for hydroxylation is 2. The molecule has 3 rings (SSSR count). The number of imidazole rings is 1. The zero-order valence-corrected chi connectivity index (χ0v) is 17.1. The molecule has 6 nitrogen and oxygen atoms in total. The van der Waals surface area contributed by atoms with Crippen molar-refractivity contribution >= 4 is 17.3 Å². The number of thiazole rings is 1. The zero-order chi connectivity index (χ0) is 19.2. The van der Waals surface area contributed by atoms with Crippen LogP contribution >= 0.6 is 11.3 Å². The lowest BCUT2D eigenvalue weighted by atomic mass is 10.2. The Morgan fingerprint density at radius 3 is 2.70 bits per heavy atom. The lowest BCUT2D eigenvalue weighted by Gasteiger charge is -2.21. The van der Waals surface area contributed by atoms with Gasteiger partial charge in [0.1, 0.15) is 5.82 Å². The Morgan fingerprint density at radius 1 is 1.26 bits per heavy atom. The summed E-state index contributed by atoms with van der Waals surface area (Å²) in [7, 11) is 2.02. The number of hydrogen-bond donors (Lipinski definition) is 2. The molecule has 3 aromatic rings. The van der Waals surface area contributed by atoms with Crippen molar-refractivity contribution in [3.05, 3.63) is 57.9 Å². The van der Waals surface area contributed by atoms with Gasteiger partial charge in [-0.2, -0.15) is 0 Å². The van der Waals surface area contributed by atoms with Gasteiger partial charge in [-0.05, 0) is 26.3 Å². The number of rotatable bonds is 6. The van der Waals surface area contributed by atoms with Gasteiger partial charge >= 0.3 is 0 Å². The summed E-state index contributed by atoms with van der Waals surface area (Å²) in [5, 5.41) is 4.44. The van der Waals surface area contributed by atoms with Gasteiger partial charge in [0.25, 0.3) is 0 Å². The van der Waals surface area contributed by atoms with E-state index in [1.165, 1.54) is 4.88 Å². The molecule has 0 radical (unpaired) electrons. The molecule has 0 aliphatic rings. The first-order valence-electron chi connectivity index (χ1n) is 9.08. The molecule has 0 atom stereocenters. The molecule has 0 saturated heterocycles. The summed E-state index contributed by atoms with van der Waals surface area (Å²) < 4.78 is 0. The van der Waals surface area contributed by atoms with Crippen molar-refractivity contribution in [3.63, 3.8) is 0 Å². The van der Waals surface area contributed by atoms with Gasteiger partial charge in [0.15, 0.2) is 5.96 Å². The minimum absolute atomic E-state index is 0.636. The van der Waals surface area contributed by atoms with E-state index in [0.717, 1.165) is 40.3 Å². The fraction of sp³-hybridized carbons (Fsp3) is 0.350. The third kappa shape index (κ3) is 4.95. The van der Waals surface area contributed by atoms with E-state index in [2.05, 4.69) is 44.2 Å². The van der Waals surface area contributed by atoms with Gasteiger partial charge in [-0.1, -0.05) is 30.3 Å². The summed E-state index contributed by atoms with van der Waals surface area (Å²) in [5.74, 6) is 1.77. The molecule has 2 aromatic heterocycles. The van der Waals surface area contributed by atoms with Crippen LogP contribution < -0.4 is 5.32 Å². The largest absolute Gasteiger partial charge is 0.357 e. The summed E-state index contributed by atoms with van der Waals surface area (Å²) in [4.78, 5) is 20.5. The first kappa shape index (κ1) is 19.1. The predicted molar refractivity (Wildman–Crippen MR) is 112 cm³/mol. The Hall–Kier alpha value is -2.67. The molecule has 0 spiro atoms. The maximum atomic E-state index is 4.78. The summed E-state index contributed by atoms with van der Waals surface area (Å²) >= 11 is 1.71. The van der Waals surface area contributed by atoms with Crippen LogP contribution in [0.25, 0.3) is 11.3 Å². The van der Waals surface area contributed by atoms with Gasteiger partial charge in [0.05, 0.1) is 35.7 Å². The second kappa shape index (κ2) is 8.81. The number of aromatic nitrogens is 3. The van der Waals surface area contributed by atoms with Crippen molar-refractivity contribution in [2.24, 2.45) is 4.99 Å². The molecule has 27 heavy (non-hydrogen) atoms. The number of aliphatic imine (C=N–C) groups is 1. The van der Waals surface area contributed by atoms with E-state index in [9.17, 15) is 0 Å². The van der Waals surface area contributed by atoms with Gasteiger partial charge in [-0.15, -0.1) is 11.3 Å². The molecule has 0 bridgehead atoms. The van der Waals surface area contributed by atoms with Crippen LogP contribution in [0.5, 0.6) is 0 Å². The summed E-state index contributed by atoms with van der Waals surface area (Å²) in [6.45, 7) is 8.25. The first-order valence-corrected chi connectivity index (χ1v) is 9.90. The van der Waals surface area contributed by atoms with Gasteiger partial charge in [-0.3, -0.25) is 0 Å². The molecule has 1 aromatic carbocycles. The van der Waals surface area contributed by atoms with E-state index in [0.29, 0.717) is 13.1 Å². The van der Waals surface area contributed by atoms with Crippen LogP contribution in [0.3, 0.4) is 0 Å². The van der Waals surface area contributed by atoms with Crippen LogP contribution in [0.1, 0.15) is 28.3 Å². The number of aromatic amines is 1. The summed E-state index contributed by atoms with van der Waals surface area (Å²) in [6.07, 6.45) is 1.88. The Balaban J connectivity index is 1.70. The molecule has 0 fully saturated rings. The minimum Gasteiger partial charge on any atom is -0.357 e. The maximum absolute atomic E-state index is 4.78. The van der Waals surface area contributed by atoms with Gasteiger partial charge < -0.3 is 15.2 Å². The van der Waals surface area contributed by atoms with E-state index in [4.69, 9.17) is 4.99 Å². The predicted octanol–water partition coefficient (Wildman–Crippen LogP) is 3.75. The molecule has 0 amide bonds. The minimum atomic E-state index is 0.636. The highest BCUT2D eigenvalue weighted by atomic mass is 32.1. The van der Waals surface area contributed by atoms with Crippen molar-refractivity contribution in [1.82, 2.24) is 25.2 Å². The third-order valence-electron chi connectivity index (χ3n) is 4.17. The van der Waals surface area contributed by atoms with Crippen molar-refractivity contribution < 1.29 is 0 Å². The number of nitrogens with one attached hydrogen (secondary N) is 2. The standard InChI is InChI=1S/C20H26N6S/c1-5-21-20(23-12-18-14(2)24-15(3)27-18)26(4)13-19-22-11-17(25-19)16-9-7-6-8-10-16/h6-11H,5,12-13H2,1-4H3,(H,21,23)(H,22,25). The lowest BCUT2D eigenvalue weighted by Crippen LogP contribution is -2.38. The molecular formula is C20H26N6S. The highest BCUT2D eigenvalue weighted by Crippen LogP contribution is 2.19. The van der Waals surface area contributed by atoms with E-state index in [-0.39, 0.29) is 0 Å². The molecule has 2 heterocycles. The number of hydrogen-bond acceptors (Lipinski definition) is 4. The molecule has 0 aliphatic heterocycles. The average molecular weight is 383 g/mol. The van der Waals surface area contributed by atoms with Crippen LogP contribution in [0.15, 0.2) is 41.5 Å². The summed E-state index contributed by atoms with van der Waals surface area (Å²) in [5.41, 5.74) is 3.23. The van der Waals surface area contributed by atoms with E-state index in [1.807, 2.05) is 45.3 Å². The highest BCUT2D eigenvalue weighted by Gasteiger charge is 2.11. The monoisotopic (exact) mass is 382 g/mol. The Morgan fingerprint density at radius 2 is 2.04 bits per heavy atom. The Labute approximate surface area is 164 Å². The van der Waals surface area contributed by atoms with E-state index in [1.54, 1.807) is 11.3 Å². The number of nitrogens with zero attached hydrogens (tertiary/aromatic N) is 4. The molecule has 0 saturated carbocycles. The van der Waals surface area contributed by atoms with Crippen LogP contribution in [0, 0.1) is 13.8 Å². The number of benzene rings is 1. The fourth-order valence-corrected chi connectivity index (χ4v) is 3.70. The summed E-state index contributed by atoms with van der Waals surface area (Å²) in [6, 6.07) is 10.2. The maximum Gasteiger partial charge on any atom is 0.194 e. The Kier molecular flexibility index (Phi) is 6.24. The third-order valence-corrected chi connectivity index (χ3v) is 5.23. The molecule has 142 valence electrons. The van der Waals surface area contributed by atoms with Crippen molar-refractivity contribution in [2.45, 2.75) is 33.9 Å². The van der Waals surface area contributed by atoms with Crippen molar-refractivity contribution in [3.8, 4) is 11.3 Å².